The summed E-state index contributed by atoms with van der Waals surface area (Å²) in [6.45, 7) is -0.0913. The number of piperidine rings is 3. The lowest BCUT2D eigenvalue weighted by molar-refractivity contribution is -0.159. The van der Waals surface area contributed by atoms with Gasteiger partial charge in [0.1, 0.15) is 18.0 Å². The van der Waals surface area contributed by atoms with Gasteiger partial charge in [-0.05, 0) is 116 Å². The number of esters is 2. The normalized spacial score (nSPS) is 20.2. The van der Waals surface area contributed by atoms with Crippen molar-refractivity contribution >= 4 is 40.8 Å². The molecule has 1 aliphatic carbocycles. The van der Waals surface area contributed by atoms with E-state index in [-0.39, 0.29) is 45.6 Å². The van der Waals surface area contributed by atoms with Crippen LogP contribution in [-0.2, 0) is 20.7 Å². The molecule has 0 spiro atoms. The zero-order valence-electron chi connectivity index (χ0n) is 29.1. The van der Waals surface area contributed by atoms with E-state index in [1.165, 1.54) is 60.9 Å². The van der Waals surface area contributed by atoms with Gasteiger partial charge >= 0.3 is 18.6 Å². The van der Waals surface area contributed by atoms with Crippen LogP contribution in [0.4, 0.5) is 18.9 Å². The van der Waals surface area contributed by atoms with Crippen LogP contribution in [0, 0.1) is 17.7 Å². The molecule has 54 heavy (non-hydrogen) atoms. The highest BCUT2D eigenvalue weighted by Crippen LogP contribution is 2.38. The maximum atomic E-state index is 14.3. The largest absolute Gasteiger partial charge is 0.489 e. The van der Waals surface area contributed by atoms with Crippen LogP contribution in [0.5, 0.6) is 11.5 Å². The Hall–Kier alpha value is -4.52. The van der Waals surface area contributed by atoms with Crippen LogP contribution in [-0.4, -0.2) is 60.8 Å². The Morgan fingerprint density at radius 3 is 2.30 bits per heavy atom. The van der Waals surface area contributed by atoms with Crippen molar-refractivity contribution in [3.05, 3.63) is 117 Å². The predicted octanol–water partition coefficient (Wildman–Crippen LogP) is 8.85. The Morgan fingerprint density at radius 1 is 0.907 bits per heavy atom. The van der Waals surface area contributed by atoms with Crippen molar-refractivity contribution in [1.82, 2.24) is 9.88 Å². The number of ether oxygens (including phenoxy) is 4. The quantitative estimate of drug-likeness (QED) is 0.119. The second-order valence-corrected chi connectivity index (χ2v) is 14.7. The predicted molar refractivity (Wildman–Crippen MR) is 196 cm³/mol. The minimum atomic E-state index is -3.07. The number of rotatable bonds is 15. The molecule has 9 nitrogen and oxygen atoms in total. The van der Waals surface area contributed by atoms with Gasteiger partial charge in [0.05, 0.1) is 22.2 Å². The lowest BCUT2D eigenvalue weighted by atomic mass is 9.86. The fourth-order valence-electron chi connectivity index (χ4n) is 6.86. The number of carbonyl (C=O) groups excluding carboxylic acids is 2. The summed E-state index contributed by atoms with van der Waals surface area (Å²) in [6, 6.07) is 15.4. The summed E-state index contributed by atoms with van der Waals surface area (Å²) < 4.78 is 63.4. The molecule has 4 fully saturated rings. The van der Waals surface area contributed by atoms with E-state index >= 15 is 0 Å². The number of nitrogens with zero attached hydrogens (tertiary/aromatic N) is 2. The average Bonchev–Trinajstić information content (AvgIpc) is 4.00. The summed E-state index contributed by atoms with van der Waals surface area (Å²) in [5.74, 6) is -1.16. The van der Waals surface area contributed by atoms with Crippen molar-refractivity contribution in [3.8, 4) is 11.5 Å². The van der Waals surface area contributed by atoms with Gasteiger partial charge in [-0.15, -0.1) is 0 Å². The molecule has 4 heterocycles. The van der Waals surface area contributed by atoms with Gasteiger partial charge in [0.2, 0.25) is 0 Å². The van der Waals surface area contributed by atoms with E-state index in [0.29, 0.717) is 41.4 Å². The van der Waals surface area contributed by atoms with Crippen LogP contribution in [0.2, 0.25) is 10.0 Å². The lowest BCUT2D eigenvalue weighted by Gasteiger charge is -2.44. The first-order valence-corrected chi connectivity index (χ1v) is 18.6. The third-order valence-corrected chi connectivity index (χ3v) is 10.7. The number of carbonyl (C=O) groups is 2. The number of aromatic nitrogens is 1. The molecule has 284 valence electrons. The average molecular weight is 785 g/mol. The summed E-state index contributed by atoms with van der Waals surface area (Å²) in [5, 5.41) is 3.66. The van der Waals surface area contributed by atoms with Gasteiger partial charge in [-0.2, -0.15) is 8.78 Å². The molecular weight excluding hydrogens is 746 g/mol. The molecule has 0 amide bonds. The van der Waals surface area contributed by atoms with Crippen LogP contribution in [0.25, 0.3) is 0 Å². The molecule has 1 aromatic heterocycles. The highest BCUT2D eigenvalue weighted by Gasteiger charge is 2.38. The number of nitrogens with one attached hydrogen (secondary N) is 1. The van der Waals surface area contributed by atoms with Crippen LogP contribution < -0.4 is 14.8 Å². The summed E-state index contributed by atoms with van der Waals surface area (Å²) >= 11 is 12.9. The molecule has 3 saturated heterocycles. The molecule has 4 aliphatic rings. The number of alkyl halides is 2. The molecule has 1 N–H and O–H groups in total. The molecule has 0 radical (unpaired) electrons. The second-order valence-electron chi connectivity index (χ2n) is 13.8. The first-order chi connectivity index (χ1) is 26.1. The Morgan fingerprint density at radius 2 is 1.65 bits per heavy atom. The number of anilines is 1. The number of pyridine rings is 1. The lowest BCUT2D eigenvalue weighted by Crippen LogP contribution is -2.52. The van der Waals surface area contributed by atoms with Crippen molar-refractivity contribution in [1.29, 1.82) is 0 Å². The molecule has 1 unspecified atom stereocenters. The molecule has 1 saturated carbocycles. The van der Waals surface area contributed by atoms with E-state index < -0.39 is 36.5 Å². The Balaban J connectivity index is 1.11. The van der Waals surface area contributed by atoms with Gasteiger partial charge in [0.25, 0.3) is 0 Å². The third-order valence-electron chi connectivity index (χ3n) is 10.0. The van der Waals surface area contributed by atoms with E-state index in [2.05, 4.69) is 15.2 Å². The number of hydrogen-bond donors (Lipinski definition) is 1. The number of hydrogen-bond acceptors (Lipinski definition) is 9. The van der Waals surface area contributed by atoms with Crippen LogP contribution in [0.15, 0.2) is 79.1 Å². The summed E-state index contributed by atoms with van der Waals surface area (Å²) in [6.07, 6.45) is 5.52. The van der Waals surface area contributed by atoms with E-state index in [0.717, 1.165) is 38.8 Å². The SMILES string of the molecule is O=C(O[C@@H](Cc1c(Cl)cncc1Cl)c1ccc(OC(F)F)c(OCC2CC2)c1)c1ccc(NC(C(=O)O[C@H]2CN3CCC2CC3)c2cccc(F)c2)cc1. The van der Waals surface area contributed by atoms with Crippen LogP contribution in [0.1, 0.15) is 64.9 Å². The van der Waals surface area contributed by atoms with Crippen molar-refractivity contribution in [2.45, 2.75) is 57.0 Å². The Labute approximate surface area is 320 Å². The van der Waals surface area contributed by atoms with Crippen molar-refractivity contribution in [2.24, 2.45) is 11.8 Å². The maximum absolute atomic E-state index is 14.3. The minimum Gasteiger partial charge on any atom is -0.489 e. The highest BCUT2D eigenvalue weighted by molar-refractivity contribution is 6.35. The maximum Gasteiger partial charge on any atom is 0.387 e. The first kappa shape index (κ1) is 37.8. The van der Waals surface area contributed by atoms with Gasteiger partial charge in [-0.1, -0.05) is 41.4 Å². The zero-order valence-corrected chi connectivity index (χ0v) is 30.6. The van der Waals surface area contributed by atoms with Crippen LogP contribution in [0.3, 0.4) is 0 Å². The summed E-state index contributed by atoms with van der Waals surface area (Å²) in [7, 11) is 0. The van der Waals surface area contributed by atoms with E-state index in [1.54, 1.807) is 18.2 Å². The molecule has 8 rings (SSSR count). The van der Waals surface area contributed by atoms with Crippen LogP contribution >= 0.6 is 23.2 Å². The Kier molecular flexibility index (Phi) is 11.8. The summed E-state index contributed by atoms with van der Waals surface area (Å²) in [5.41, 5.74) is 1.94. The smallest absolute Gasteiger partial charge is 0.387 e. The molecule has 2 bridgehead atoms. The van der Waals surface area contributed by atoms with Crippen molar-refractivity contribution in [2.75, 3.05) is 31.6 Å². The van der Waals surface area contributed by atoms with Gasteiger partial charge in [-0.3, -0.25) is 9.88 Å². The fourth-order valence-corrected chi connectivity index (χ4v) is 7.38. The molecule has 14 heteroatoms. The molecule has 3 aliphatic heterocycles. The van der Waals surface area contributed by atoms with Gasteiger partial charge in [0.15, 0.2) is 17.5 Å². The summed E-state index contributed by atoms with van der Waals surface area (Å²) in [4.78, 5) is 33.6. The molecular formula is C40H38Cl2F3N3O6. The monoisotopic (exact) mass is 783 g/mol. The number of fused-ring (bicyclic) bond motifs is 3. The first-order valence-electron chi connectivity index (χ1n) is 17.8. The minimum absolute atomic E-state index is 0.0275. The number of halogens is 5. The highest BCUT2D eigenvalue weighted by atomic mass is 35.5. The Bertz CT molecular complexity index is 1940. The van der Waals surface area contributed by atoms with E-state index in [4.69, 9.17) is 42.1 Å². The molecule has 3 atom stereocenters. The molecule has 3 aromatic carbocycles. The van der Waals surface area contributed by atoms with E-state index in [1.807, 2.05) is 0 Å². The zero-order chi connectivity index (χ0) is 37.8. The molecule has 4 aromatic rings. The van der Waals surface area contributed by atoms with Gasteiger partial charge in [-0.25, -0.2) is 14.0 Å². The second kappa shape index (κ2) is 16.9. The third kappa shape index (κ3) is 9.40. The van der Waals surface area contributed by atoms with Gasteiger partial charge in [0, 0.05) is 31.0 Å². The van der Waals surface area contributed by atoms with Gasteiger partial charge < -0.3 is 24.3 Å². The van der Waals surface area contributed by atoms with Crippen molar-refractivity contribution < 1.29 is 41.7 Å². The standard InChI is InChI=1S/C40H38Cl2F3N3O6/c41-31-19-46-20-32(42)30(31)18-34(26-8-11-33(54-40(44)45)35(17-26)51-22-23-4-5-23)52-38(49)25-6-9-29(10-7-25)47-37(27-2-1-3-28(43)16-27)39(50)53-36-21-48-14-12-24(36)13-15-48/h1-3,6-11,16-17,19-20,23-24,34,36-37,40,47H,4-5,12-15,18,21-22H2/t34-,36-,37?/m0/s1. The topological polar surface area (TPSA) is 99.2 Å². The fraction of sp³-hybridized carbons (Fsp3) is 0.375. The number of benzene rings is 3. The van der Waals surface area contributed by atoms with E-state index in [9.17, 15) is 22.8 Å². The van der Waals surface area contributed by atoms with Crippen molar-refractivity contribution in [3.63, 3.8) is 0 Å².